The number of benzene rings is 2. The zero-order valence-electron chi connectivity index (χ0n) is 17.0. The second-order valence-electron chi connectivity index (χ2n) is 7.54. The van der Waals surface area contributed by atoms with Crippen LogP contribution >= 0.6 is 0 Å². The van der Waals surface area contributed by atoms with E-state index in [1.807, 2.05) is 44.2 Å². The highest BCUT2D eigenvalue weighted by molar-refractivity contribution is 6.22. The molecule has 0 aromatic heterocycles. The molecule has 0 bridgehead atoms. The summed E-state index contributed by atoms with van der Waals surface area (Å²) in [6, 6.07) is 14.7. The van der Waals surface area contributed by atoms with Crippen LogP contribution < -0.4 is 5.32 Å². The summed E-state index contributed by atoms with van der Waals surface area (Å²) in [6.07, 6.45) is 0.246. The van der Waals surface area contributed by atoms with E-state index in [-0.39, 0.29) is 23.5 Å². The summed E-state index contributed by atoms with van der Waals surface area (Å²) < 4.78 is 5.17. The van der Waals surface area contributed by atoms with Gasteiger partial charge in [0.2, 0.25) is 0 Å². The topological polar surface area (TPSA) is 92.8 Å². The number of nitrogens with one attached hydrogen (secondary N) is 1. The number of nitrogens with zero attached hydrogens (tertiary/aromatic N) is 1. The molecule has 1 atom stereocenters. The van der Waals surface area contributed by atoms with E-state index in [0.29, 0.717) is 6.54 Å². The normalized spacial score (nSPS) is 13.9. The Morgan fingerprint density at radius 3 is 2.07 bits per heavy atom. The number of hydrogen-bond acceptors (Lipinski definition) is 5. The molecule has 3 amide bonds. The molecule has 2 aromatic rings. The molecule has 0 saturated carbocycles. The van der Waals surface area contributed by atoms with Crippen LogP contribution in [-0.4, -0.2) is 41.2 Å². The molecule has 1 heterocycles. The van der Waals surface area contributed by atoms with E-state index in [2.05, 4.69) is 5.32 Å². The number of amides is 3. The Bertz CT molecular complexity index is 920. The number of ether oxygens (including phenoxy) is 1. The zero-order chi connectivity index (χ0) is 21.7. The monoisotopic (exact) mass is 408 g/mol. The van der Waals surface area contributed by atoms with Crippen molar-refractivity contribution in [3.63, 3.8) is 0 Å². The van der Waals surface area contributed by atoms with Crippen LogP contribution in [0.5, 0.6) is 0 Å². The smallest absolute Gasteiger partial charge is 0.329 e. The third-order valence-electron chi connectivity index (χ3n) is 4.78. The van der Waals surface area contributed by atoms with Gasteiger partial charge in [-0.15, -0.1) is 0 Å². The molecule has 0 saturated heterocycles. The molecule has 7 nitrogen and oxygen atoms in total. The SMILES string of the molecule is CC(C)C[C@@H](C(=O)OCC(=O)NCc1ccccc1)N1C(=O)c2ccccc2C1=O. The summed E-state index contributed by atoms with van der Waals surface area (Å²) in [5.74, 6) is -2.25. The van der Waals surface area contributed by atoms with Gasteiger partial charge in [0.1, 0.15) is 6.04 Å². The minimum absolute atomic E-state index is 0.0266. The van der Waals surface area contributed by atoms with Gasteiger partial charge in [0, 0.05) is 6.54 Å². The first kappa shape index (κ1) is 21.2. The molecule has 0 radical (unpaired) electrons. The summed E-state index contributed by atoms with van der Waals surface area (Å²) in [7, 11) is 0. The van der Waals surface area contributed by atoms with Crippen molar-refractivity contribution in [2.24, 2.45) is 5.92 Å². The van der Waals surface area contributed by atoms with Gasteiger partial charge < -0.3 is 10.1 Å². The van der Waals surface area contributed by atoms with E-state index in [0.717, 1.165) is 10.5 Å². The fourth-order valence-electron chi connectivity index (χ4n) is 3.32. The van der Waals surface area contributed by atoms with Gasteiger partial charge in [0.15, 0.2) is 6.61 Å². The molecule has 0 aliphatic carbocycles. The Balaban J connectivity index is 1.64. The molecule has 2 aromatic carbocycles. The van der Waals surface area contributed by atoms with Gasteiger partial charge in [-0.3, -0.25) is 19.3 Å². The van der Waals surface area contributed by atoms with Crippen LogP contribution in [0, 0.1) is 5.92 Å². The van der Waals surface area contributed by atoms with Gasteiger partial charge in [-0.05, 0) is 30.0 Å². The Hall–Kier alpha value is -3.48. The highest BCUT2D eigenvalue weighted by Crippen LogP contribution is 2.27. The maximum atomic E-state index is 12.8. The fourth-order valence-corrected chi connectivity index (χ4v) is 3.32. The Morgan fingerprint density at radius 1 is 0.933 bits per heavy atom. The third kappa shape index (κ3) is 4.74. The van der Waals surface area contributed by atoms with Crippen molar-refractivity contribution in [3.8, 4) is 0 Å². The summed E-state index contributed by atoms with van der Waals surface area (Å²) in [6.45, 7) is 3.59. The molecular formula is C23H24N2O5. The largest absolute Gasteiger partial charge is 0.454 e. The van der Waals surface area contributed by atoms with Crippen molar-refractivity contribution in [1.82, 2.24) is 10.2 Å². The highest BCUT2D eigenvalue weighted by atomic mass is 16.5. The Labute approximate surface area is 175 Å². The molecule has 0 spiro atoms. The van der Waals surface area contributed by atoms with Crippen molar-refractivity contribution in [2.75, 3.05) is 6.61 Å². The lowest BCUT2D eigenvalue weighted by Gasteiger charge is -2.25. The molecular weight excluding hydrogens is 384 g/mol. The van der Waals surface area contributed by atoms with Crippen molar-refractivity contribution in [1.29, 1.82) is 0 Å². The molecule has 7 heteroatoms. The molecule has 0 unspecified atom stereocenters. The molecule has 1 aliphatic heterocycles. The maximum absolute atomic E-state index is 12.8. The predicted octanol–water partition coefficient (Wildman–Crippen LogP) is 2.56. The van der Waals surface area contributed by atoms with E-state index in [1.54, 1.807) is 24.3 Å². The summed E-state index contributed by atoms with van der Waals surface area (Å²) >= 11 is 0. The van der Waals surface area contributed by atoms with Crippen molar-refractivity contribution in [3.05, 3.63) is 71.3 Å². The lowest BCUT2D eigenvalue weighted by Crippen LogP contribution is -2.47. The first-order valence-corrected chi connectivity index (χ1v) is 9.82. The lowest BCUT2D eigenvalue weighted by atomic mass is 10.0. The van der Waals surface area contributed by atoms with Crippen LogP contribution in [0.3, 0.4) is 0 Å². The second kappa shape index (κ2) is 9.35. The first-order valence-electron chi connectivity index (χ1n) is 9.82. The van der Waals surface area contributed by atoms with E-state index < -0.39 is 36.3 Å². The average molecular weight is 408 g/mol. The minimum Gasteiger partial charge on any atom is -0.454 e. The van der Waals surface area contributed by atoms with Gasteiger partial charge in [-0.2, -0.15) is 0 Å². The number of esters is 1. The molecule has 156 valence electrons. The van der Waals surface area contributed by atoms with Gasteiger partial charge in [-0.1, -0.05) is 56.3 Å². The van der Waals surface area contributed by atoms with Crippen LogP contribution in [0.1, 0.15) is 46.5 Å². The van der Waals surface area contributed by atoms with Crippen molar-refractivity contribution >= 4 is 23.7 Å². The molecule has 1 aliphatic rings. The van der Waals surface area contributed by atoms with Gasteiger partial charge in [-0.25, -0.2) is 4.79 Å². The number of hydrogen-bond donors (Lipinski definition) is 1. The summed E-state index contributed by atoms with van der Waals surface area (Å²) in [5, 5.41) is 2.67. The molecule has 1 N–H and O–H groups in total. The van der Waals surface area contributed by atoms with Crippen LogP contribution in [0.15, 0.2) is 54.6 Å². The van der Waals surface area contributed by atoms with Gasteiger partial charge in [0.25, 0.3) is 17.7 Å². The van der Waals surface area contributed by atoms with E-state index in [9.17, 15) is 19.2 Å². The van der Waals surface area contributed by atoms with Crippen LogP contribution in [0.4, 0.5) is 0 Å². The second-order valence-corrected chi connectivity index (χ2v) is 7.54. The van der Waals surface area contributed by atoms with Gasteiger partial charge >= 0.3 is 5.97 Å². The number of carbonyl (C=O) groups is 4. The number of fused-ring (bicyclic) bond motifs is 1. The number of rotatable bonds is 8. The molecule has 30 heavy (non-hydrogen) atoms. The highest BCUT2D eigenvalue weighted by Gasteiger charge is 2.43. The standard InChI is InChI=1S/C23H24N2O5/c1-15(2)12-19(25-21(27)17-10-6-7-11-18(17)22(25)28)23(29)30-14-20(26)24-13-16-8-4-3-5-9-16/h3-11,15,19H,12-14H2,1-2H3,(H,24,26)/t19-/m0/s1. The van der Waals surface area contributed by atoms with Crippen LogP contribution in [-0.2, 0) is 20.9 Å². The zero-order valence-corrected chi connectivity index (χ0v) is 17.0. The van der Waals surface area contributed by atoms with Crippen LogP contribution in [0.2, 0.25) is 0 Å². The summed E-state index contributed by atoms with van der Waals surface area (Å²) in [4.78, 5) is 51.2. The van der Waals surface area contributed by atoms with E-state index in [4.69, 9.17) is 4.74 Å². The predicted molar refractivity (Wildman–Crippen MR) is 109 cm³/mol. The lowest BCUT2D eigenvalue weighted by molar-refractivity contribution is -0.152. The minimum atomic E-state index is -1.08. The van der Waals surface area contributed by atoms with Crippen molar-refractivity contribution in [2.45, 2.75) is 32.9 Å². The van der Waals surface area contributed by atoms with Gasteiger partial charge in [0.05, 0.1) is 11.1 Å². The quantitative estimate of drug-likeness (QED) is 0.535. The average Bonchev–Trinajstić information content (AvgIpc) is 3.00. The summed E-state index contributed by atoms with van der Waals surface area (Å²) in [5.41, 5.74) is 1.45. The Kier molecular flexibility index (Phi) is 6.61. The maximum Gasteiger partial charge on any atom is 0.329 e. The van der Waals surface area contributed by atoms with E-state index >= 15 is 0 Å². The molecule has 3 rings (SSSR count). The molecule has 0 fully saturated rings. The third-order valence-corrected chi connectivity index (χ3v) is 4.78. The number of imide groups is 1. The van der Waals surface area contributed by atoms with Crippen molar-refractivity contribution < 1.29 is 23.9 Å². The first-order chi connectivity index (χ1) is 14.4. The van der Waals surface area contributed by atoms with Crippen LogP contribution in [0.25, 0.3) is 0 Å². The van der Waals surface area contributed by atoms with E-state index in [1.165, 1.54) is 0 Å². The Morgan fingerprint density at radius 2 is 1.50 bits per heavy atom. The number of carbonyl (C=O) groups excluding carboxylic acids is 4. The fraction of sp³-hybridized carbons (Fsp3) is 0.304.